The van der Waals surface area contributed by atoms with Crippen molar-refractivity contribution in [1.29, 1.82) is 0 Å². The van der Waals surface area contributed by atoms with E-state index in [-0.39, 0.29) is 5.91 Å². The van der Waals surface area contributed by atoms with E-state index in [1.807, 2.05) is 11.9 Å². The van der Waals surface area contributed by atoms with Gasteiger partial charge in [0.2, 0.25) is 5.91 Å². The maximum absolute atomic E-state index is 12.6. The number of halogens is 1. The summed E-state index contributed by atoms with van der Waals surface area (Å²) in [5, 5.41) is 20.1. The average Bonchev–Trinajstić information content (AvgIpc) is 3.53. The lowest BCUT2D eigenvalue weighted by atomic mass is 9.89. The molecule has 4 rings (SSSR count). The third kappa shape index (κ3) is 5.49. The Morgan fingerprint density at radius 2 is 2.09 bits per heavy atom. The summed E-state index contributed by atoms with van der Waals surface area (Å²) in [4.78, 5) is 17.4. The second kappa shape index (κ2) is 9.10. The number of rotatable bonds is 5. The minimum Gasteiger partial charge on any atom is -0.389 e. The molecule has 1 fully saturated rings. The highest BCUT2D eigenvalue weighted by Gasteiger charge is 2.31. The van der Waals surface area contributed by atoms with Crippen molar-refractivity contribution in [3.05, 3.63) is 46.3 Å². The number of nitrogens with zero attached hydrogens (tertiary/aromatic N) is 3. The highest BCUT2D eigenvalue weighted by Crippen LogP contribution is 2.37. The number of hydrogen-bond donors (Lipinski definition) is 2. The Labute approximate surface area is 199 Å². The maximum atomic E-state index is 12.6. The van der Waals surface area contributed by atoms with Crippen LogP contribution in [0.3, 0.4) is 0 Å². The summed E-state index contributed by atoms with van der Waals surface area (Å²) in [6.07, 6.45) is 11.9. The fourth-order valence-corrected chi connectivity index (χ4v) is 4.61. The van der Waals surface area contributed by atoms with Crippen LogP contribution in [0.25, 0.3) is 0 Å². The van der Waals surface area contributed by atoms with Crippen LogP contribution in [0, 0.1) is 5.92 Å². The molecule has 172 valence electrons. The largest absolute Gasteiger partial charge is 0.389 e. The monoisotopic (exact) mass is 500 g/mol. The normalized spacial score (nSPS) is 25.5. The molecular formula is C25H33BrN4O2. The van der Waals surface area contributed by atoms with Crippen LogP contribution in [0.1, 0.15) is 66.2 Å². The number of hydrogen-bond acceptors (Lipinski definition) is 5. The Balaban J connectivity index is 1.66. The smallest absolute Gasteiger partial charge is 0.247 e. The number of nitrogens with one attached hydrogen (secondary N) is 1. The summed E-state index contributed by atoms with van der Waals surface area (Å²) >= 11 is 3.60. The number of carbonyl (C=O) groups excluding carboxylic acids is 1. The Hall–Kier alpha value is -1.99. The first-order chi connectivity index (χ1) is 15.1. The lowest BCUT2D eigenvalue weighted by Crippen LogP contribution is -2.32. The molecule has 2 N–H and O–H groups in total. The lowest BCUT2D eigenvalue weighted by molar-refractivity contribution is -0.117. The minimum absolute atomic E-state index is 0.0869. The van der Waals surface area contributed by atoms with Gasteiger partial charge in [-0.2, -0.15) is 5.10 Å². The summed E-state index contributed by atoms with van der Waals surface area (Å²) in [7, 11) is 0. The molecule has 32 heavy (non-hydrogen) atoms. The highest BCUT2D eigenvalue weighted by molar-refractivity contribution is 9.18. The second-order valence-corrected chi connectivity index (χ2v) is 10.9. The molecule has 0 bridgehead atoms. The third-order valence-electron chi connectivity index (χ3n) is 6.08. The third-order valence-corrected chi connectivity index (χ3v) is 6.52. The van der Waals surface area contributed by atoms with Gasteiger partial charge in [0.25, 0.3) is 0 Å². The molecule has 0 aromatic carbocycles. The van der Waals surface area contributed by atoms with Gasteiger partial charge in [-0.1, -0.05) is 25.2 Å². The van der Waals surface area contributed by atoms with E-state index in [9.17, 15) is 9.90 Å². The van der Waals surface area contributed by atoms with Crippen LogP contribution in [0.5, 0.6) is 0 Å². The molecule has 1 atom stereocenters. The van der Waals surface area contributed by atoms with Crippen molar-refractivity contribution in [1.82, 2.24) is 10.3 Å². The van der Waals surface area contributed by atoms with Crippen molar-refractivity contribution >= 4 is 32.2 Å². The average molecular weight is 501 g/mol. The fourth-order valence-electron chi connectivity index (χ4n) is 4.18. The van der Waals surface area contributed by atoms with E-state index in [0.717, 1.165) is 65.0 Å². The molecule has 1 amide bonds. The molecule has 1 unspecified atom stereocenters. The summed E-state index contributed by atoms with van der Waals surface area (Å²) in [6, 6.07) is 0.368. The molecular weight excluding hydrogens is 468 g/mol. The summed E-state index contributed by atoms with van der Waals surface area (Å²) in [5.41, 5.74) is 5.25. The molecule has 0 spiro atoms. The first-order valence-electron chi connectivity index (χ1n) is 11.5. The molecule has 2 aliphatic carbocycles. The van der Waals surface area contributed by atoms with Crippen LogP contribution in [0.15, 0.2) is 56.4 Å². The van der Waals surface area contributed by atoms with Gasteiger partial charge in [0, 0.05) is 18.0 Å². The molecule has 2 heterocycles. The predicted molar refractivity (Wildman–Crippen MR) is 133 cm³/mol. The topological polar surface area (TPSA) is 77.3 Å². The van der Waals surface area contributed by atoms with E-state index in [0.29, 0.717) is 24.9 Å². The van der Waals surface area contributed by atoms with Crippen molar-refractivity contribution in [3.8, 4) is 0 Å². The van der Waals surface area contributed by atoms with E-state index in [2.05, 4.69) is 46.4 Å². The predicted octanol–water partition coefficient (Wildman–Crippen LogP) is 4.74. The number of fused-ring (bicyclic) bond motifs is 1. The maximum Gasteiger partial charge on any atom is 0.247 e. The van der Waals surface area contributed by atoms with E-state index in [1.54, 1.807) is 13.8 Å². The minimum atomic E-state index is -0.860. The molecule has 0 aromatic rings. The first kappa shape index (κ1) is 23.2. The van der Waals surface area contributed by atoms with Gasteiger partial charge in [-0.3, -0.25) is 9.79 Å². The van der Waals surface area contributed by atoms with Gasteiger partial charge in [-0.15, -0.1) is 0 Å². The first-order valence-corrected chi connectivity index (χ1v) is 12.3. The van der Waals surface area contributed by atoms with Crippen LogP contribution in [-0.2, 0) is 4.79 Å². The van der Waals surface area contributed by atoms with Gasteiger partial charge in [0.1, 0.15) is 4.62 Å². The molecule has 4 aliphatic rings. The van der Waals surface area contributed by atoms with E-state index < -0.39 is 5.60 Å². The van der Waals surface area contributed by atoms with Gasteiger partial charge in [-0.25, -0.2) is 5.01 Å². The molecule has 2 aliphatic heterocycles. The van der Waals surface area contributed by atoms with E-state index in [4.69, 9.17) is 10.1 Å². The van der Waals surface area contributed by atoms with Gasteiger partial charge < -0.3 is 10.4 Å². The van der Waals surface area contributed by atoms with E-state index in [1.165, 1.54) is 5.57 Å². The number of carbonyl (C=O) groups is 1. The van der Waals surface area contributed by atoms with E-state index >= 15 is 0 Å². The molecule has 1 saturated carbocycles. The zero-order chi connectivity index (χ0) is 23.0. The summed E-state index contributed by atoms with van der Waals surface area (Å²) in [5.74, 6) is 0.446. The van der Waals surface area contributed by atoms with Crippen molar-refractivity contribution in [3.63, 3.8) is 0 Å². The quantitative estimate of drug-likeness (QED) is 0.572. The summed E-state index contributed by atoms with van der Waals surface area (Å²) < 4.78 is 0.817. The lowest BCUT2D eigenvalue weighted by Gasteiger charge is -2.32. The van der Waals surface area contributed by atoms with Crippen LogP contribution < -0.4 is 5.32 Å². The number of hydrazone groups is 1. The van der Waals surface area contributed by atoms with Crippen LogP contribution in [0.2, 0.25) is 0 Å². The van der Waals surface area contributed by atoms with Crippen molar-refractivity contribution in [2.75, 3.05) is 6.54 Å². The number of aliphatic imine (C=N–C) groups is 1. The van der Waals surface area contributed by atoms with Crippen LogP contribution in [0.4, 0.5) is 0 Å². The number of amides is 1. The SMILES string of the molecule is CC1=C(C(=O)NC2CC2)CCC(C2=CC(C)CC=C3C(=NCC(C)(C)O)CC(Br)=NN23)=C1. The van der Waals surface area contributed by atoms with Gasteiger partial charge in [0.05, 0.1) is 29.3 Å². The number of allylic oxidation sites excluding steroid dienone is 6. The Kier molecular flexibility index (Phi) is 6.59. The highest BCUT2D eigenvalue weighted by atomic mass is 79.9. The zero-order valence-electron chi connectivity index (χ0n) is 19.4. The van der Waals surface area contributed by atoms with Crippen molar-refractivity contribution in [2.24, 2.45) is 16.0 Å². The van der Waals surface area contributed by atoms with Crippen molar-refractivity contribution in [2.45, 2.75) is 77.9 Å². The Morgan fingerprint density at radius 3 is 2.75 bits per heavy atom. The summed E-state index contributed by atoms with van der Waals surface area (Å²) in [6.45, 7) is 8.13. The molecule has 0 saturated heterocycles. The number of aliphatic hydroxyl groups is 1. The van der Waals surface area contributed by atoms with Crippen LogP contribution in [-0.4, -0.2) is 44.5 Å². The van der Waals surface area contributed by atoms with Crippen molar-refractivity contribution < 1.29 is 9.90 Å². The molecule has 0 radical (unpaired) electrons. The van der Waals surface area contributed by atoms with Gasteiger partial charge >= 0.3 is 0 Å². The standard InChI is InChI=1S/C25H33BrN4O2/c1-15-5-10-21-20(27-14-25(3,4)32)13-23(26)29-30(21)22(11-15)17-6-9-19(16(2)12-17)24(31)28-18-7-8-18/h10-12,15,18,32H,5-9,13-14H2,1-4H3,(H,28,31). The molecule has 0 aromatic heterocycles. The zero-order valence-corrected chi connectivity index (χ0v) is 21.0. The van der Waals surface area contributed by atoms with Gasteiger partial charge in [0.15, 0.2) is 0 Å². The Bertz CT molecular complexity index is 990. The Morgan fingerprint density at radius 1 is 1.34 bits per heavy atom. The fraction of sp³-hybridized carbons (Fsp3) is 0.560. The molecule has 7 heteroatoms. The van der Waals surface area contributed by atoms with Crippen LogP contribution >= 0.6 is 15.9 Å². The second-order valence-electron chi connectivity index (χ2n) is 9.97. The molecule has 6 nitrogen and oxygen atoms in total. The van der Waals surface area contributed by atoms with Gasteiger partial charge in [-0.05, 0) is 85.9 Å².